The van der Waals surface area contributed by atoms with Gasteiger partial charge in [-0.2, -0.15) is 0 Å². The van der Waals surface area contributed by atoms with Crippen molar-refractivity contribution in [2.24, 2.45) is 0 Å². The van der Waals surface area contributed by atoms with Crippen molar-refractivity contribution in [2.75, 3.05) is 18.0 Å². The van der Waals surface area contributed by atoms with Crippen LogP contribution in [0, 0.1) is 0 Å². The van der Waals surface area contributed by atoms with Crippen molar-refractivity contribution in [1.82, 2.24) is 5.32 Å². The second-order valence-electron chi connectivity index (χ2n) is 3.44. The van der Waals surface area contributed by atoms with Crippen LogP contribution in [0.2, 0.25) is 0 Å². The first kappa shape index (κ1) is 14.2. The lowest BCUT2D eigenvalue weighted by atomic mass is 10.3. The molecule has 1 aromatic carbocycles. The summed E-state index contributed by atoms with van der Waals surface area (Å²) in [6.45, 7) is 2.44. The molecular weight excluding hydrogens is 304 g/mol. The zero-order valence-electron chi connectivity index (χ0n) is 9.53. The minimum Gasteiger partial charge on any atom is -0.398 e. The molecule has 0 bridgehead atoms. The molecule has 0 aliphatic heterocycles. The summed E-state index contributed by atoms with van der Waals surface area (Å²) in [5.41, 5.74) is 6.23. The van der Waals surface area contributed by atoms with E-state index in [-0.39, 0.29) is 18.1 Å². The van der Waals surface area contributed by atoms with E-state index in [4.69, 9.17) is 5.73 Å². The zero-order chi connectivity index (χ0) is 12.8. The molecule has 0 radical (unpaired) electrons. The van der Waals surface area contributed by atoms with E-state index in [1.807, 2.05) is 6.92 Å². The van der Waals surface area contributed by atoms with Crippen LogP contribution >= 0.6 is 15.9 Å². The number of rotatable bonds is 5. The van der Waals surface area contributed by atoms with Gasteiger partial charge in [0.2, 0.25) is 5.91 Å². The molecular formula is C11H15BrN2O2S. The van der Waals surface area contributed by atoms with Crippen molar-refractivity contribution >= 4 is 38.3 Å². The lowest BCUT2D eigenvalue weighted by Gasteiger charge is -2.06. The molecule has 17 heavy (non-hydrogen) atoms. The third-order valence-corrected chi connectivity index (χ3v) is 4.02. The van der Waals surface area contributed by atoms with E-state index in [1.54, 1.807) is 18.2 Å². The number of hydrogen-bond acceptors (Lipinski definition) is 3. The Labute approximate surface area is 112 Å². The van der Waals surface area contributed by atoms with Crippen molar-refractivity contribution in [3.8, 4) is 0 Å². The number of benzene rings is 1. The normalized spacial score (nSPS) is 12.1. The third-order valence-electron chi connectivity index (χ3n) is 2.11. The van der Waals surface area contributed by atoms with Gasteiger partial charge in [0.15, 0.2) is 0 Å². The van der Waals surface area contributed by atoms with Crippen LogP contribution in [-0.4, -0.2) is 22.4 Å². The standard InChI is InChI=1S/C11H15BrN2O2S/c1-2-14-11(15)5-6-17(16)10-7-8(12)3-4-9(10)13/h3-4,7H,2,5-6,13H2,1H3,(H,14,15). The molecule has 1 atom stereocenters. The Morgan fingerprint density at radius 1 is 1.53 bits per heavy atom. The summed E-state index contributed by atoms with van der Waals surface area (Å²) in [7, 11) is -1.25. The smallest absolute Gasteiger partial charge is 0.220 e. The molecule has 0 saturated heterocycles. The van der Waals surface area contributed by atoms with Crippen LogP contribution < -0.4 is 11.1 Å². The third kappa shape index (κ3) is 4.47. The highest BCUT2D eigenvalue weighted by atomic mass is 79.9. The molecule has 1 unspecified atom stereocenters. The predicted molar refractivity (Wildman–Crippen MR) is 73.1 cm³/mol. The number of nitrogens with one attached hydrogen (secondary N) is 1. The molecule has 1 amide bonds. The van der Waals surface area contributed by atoms with Crippen molar-refractivity contribution < 1.29 is 9.00 Å². The first-order valence-corrected chi connectivity index (χ1v) is 7.36. The fourth-order valence-corrected chi connectivity index (χ4v) is 2.98. The first-order valence-electron chi connectivity index (χ1n) is 5.24. The molecule has 1 aromatic rings. The number of carbonyl (C=O) groups excluding carboxylic acids is 1. The van der Waals surface area contributed by atoms with Crippen LogP contribution in [0.5, 0.6) is 0 Å². The number of halogens is 1. The second-order valence-corrected chi connectivity index (χ2v) is 5.89. The van der Waals surface area contributed by atoms with Crippen molar-refractivity contribution in [3.05, 3.63) is 22.7 Å². The van der Waals surface area contributed by atoms with Gasteiger partial charge in [0.05, 0.1) is 15.7 Å². The molecule has 4 nitrogen and oxygen atoms in total. The minimum absolute atomic E-state index is 0.0885. The highest BCUT2D eigenvalue weighted by Crippen LogP contribution is 2.22. The van der Waals surface area contributed by atoms with Crippen LogP contribution in [0.25, 0.3) is 0 Å². The lowest BCUT2D eigenvalue weighted by molar-refractivity contribution is -0.120. The molecule has 94 valence electrons. The minimum atomic E-state index is -1.25. The van der Waals surface area contributed by atoms with Gasteiger partial charge in [-0.05, 0) is 25.1 Å². The Morgan fingerprint density at radius 3 is 2.88 bits per heavy atom. The number of nitrogens with two attached hydrogens (primary N) is 1. The van der Waals surface area contributed by atoms with Gasteiger partial charge in [0, 0.05) is 28.9 Å². The van der Waals surface area contributed by atoms with Crippen LogP contribution in [0.3, 0.4) is 0 Å². The Morgan fingerprint density at radius 2 is 2.24 bits per heavy atom. The molecule has 0 heterocycles. The van der Waals surface area contributed by atoms with Gasteiger partial charge >= 0.3 is 0 Å². The fourth-order valence-electron chi connectivity index (χ4n) is 1.29. The van der Waals surface area contributed by atoms with E-state index in [1.165, 1.54) is 0 Å². The number of carbonyl (C=O) groups is 1. The highest BCUT2D eigenvalue weighted by molar-refractivity contribution is 9.10. The van der Waals surface area contributed by atoms with Gasteiger partial charge in [-0.1, -0.05) is 15.9 Å². The lowest BCUT2D eigenvalue weighted by Crippen LogP contribution is -2.24. The second kappa shape index (κ2) is 6.76. The van der Waals surface area contributed by atoms with E-state index in [2.05, 4.69) is 21.2 Å². The zero-order valence-corrected chi connectivity index (χ0v) is 11.9. The molecule has 6 heteroatoms. The summed E-state index contributed by atoms with van der Waals surface area (Å²) in [5.74, 6) is 0.196. The number of anilines is 1. The maximum Gasteiger partial charge on any atom is 0.220 e. The molecule has 0 fully saturated rings. The number of nitrogen functional groups attached to an aromatic ring is 1. The van der Waals surface area contributed by atoms with E-state index < -0.39 is 10.8 Å². The maximum atomic E-state index is 12.0. The van der Waals surface area contributed by atoms with E-state index in [0.717, 1.165) is 4.47 Å². The summed E-state index contributed by atoms with van der Waals surface area (Å²) in [6.07, 6.45) is 0.242. The first-order chi connectivity index (χ1) is 8.04. The highest BCUT2D eigenvalue weighted by Gasteiger charge is 2.10. The van der Waals surface area contributed by atoms with Crippen LogP contribution in [-0.2, 0) is 15.6 Å². The SMILES string of the molecule is CCNC(=O)CCS(=O)c1cc(Br)ccc1N. The molecule has 0 saturated carbocycles. The van der Waals surface area contributed by atoms with E-state index in [9.17, 15) is 9.00 Å². The molecule has 1 rings (SSSR count). The van der Waals surface area contributed by atoms with Crippen LogP contribution in [0.15, 0.2) is 27.6 Å². The average Bonchev–Trinajstić information content (AvgIpc) is 2.29. The maximum absolute atomic E-state index is 12.0. The molecule has 3 N–H and O–H groups in total. The predicted octanol–water partition coefficient (Wildman–Crippen LogP) is 1.67. The van der Waals surface area contributed by atoms with Crippen LogP contribution in [0.1, 0.15) is 13.3 Å². The number of hydrogen-bond donors (Lipinski definition) is 2. The van der Waals surface area contributed by atoms with Gasteiger partial charge in [0.1, 0.15) is 0 Å². The Hall–Kier alpha value is -0.880. The summed E-state index contributed by atoms with van der Waals surface area (Å²) >= 11 is 3.30. The molecule has 0 aromatic heterocycles. The largest absolute Gasteiger partial charge is 0.398 e. The molecule has 0 aliphatic carbocycles. The van der Waals surface area contributed by atoms with Gasteiger partial charge < -0.3 is 11.1 Å². The Balaban J connectivity index is 2.64. The Bertz CT molecular complexity index is 437. The quantitative estimate of drug-likeness (QED) is 0.811. The summed E-state index contributed by atoms with van der Waals surface area (Å²) in [6, 6.07) is 5.21. The van der Waals surface area contributed by atoms with Gasteiger partial charge in [0.25, 0.3) is 0 Å². The van der Waals surface area contributed by atoms with E-state index >= 15 is 0 Å². The average molecular weight is 319 g/mol. The fraction of sp³-hybridized carbons (Fsp3) is 0.364. The topological polar surface area (TPSA) is 72.2 Å². The summed E-state index contributed by atoms with van der Waals surface area (Å²) < 4.78 is 12.8. The van der Waals surface area contributed by atoms with Crippen molar-refractivity contribution in [2.45, 2.75) is 18.2 Å². The molecule has 0 spiro atoms. The summed E-state index contributed by atoms with van der Waals surface area (Å²) in [4.78, 5) is 11.8. The Kier molecular flexibility index (Phi) is 5.64. The number of amides is 1. The summed E-state index contributed by atoms with van der Waals surface area (Å²) in [5, 5.41) is 2.66. The van der Waals surface area contributed by atoms with Gasteiger partial charge in [-0.3, -0.25) is 9.00 Å². The monoisotopic (exact) mass is 318 g/mol. The molecule has 0 aliphatic rings. The van der Waals surface area contributed by atoms with Gasteiger partial charge in [-0.15, -0.1) is 0 Å². The van der Waals surface area contributed by atoms with Crippen molar-refractivity contribution in [1.29, 1.82) is 0 Å². The van der Waals surface area contributed by atoms with Crippen LogP contribution in [0.4, 0.5) is 5.69 Å². The van der Waals surface area contributed by atoms with Gasteiger partial charge in [-0.25, -0.2) is 0 Å². The van der Waals surface area contributed by atoms with E-state index in [0.29, 0.717) is 17.1 Å². The van der Waals surface area contributed by atoms with Crippen molar-refractivity contribution in [3.63, 3.8) is 0 Å².